The van der Waals surface area contributed by atoms with E-state index in [9.17, 15) is 4.79 Å². The quantitative estimate of drug-likeness (QED) is 0.180. The summed E-state index contributed by atoms with van der Waals surface area (Å²) in [7, 11) is 0. The molecule has 6 rings (SSSR count). The fourth-order valence-corrected chi connectivity index (χ4v) is 7.82. The largest absolute Gasteiger partial charge is 0.283 e. The molecule has 5 aromatic rings. The molecule has 0 radical (unpaired) electrons. The highest BCUT2D eigenvalue weighted by Crippen LogP contribution is 2.35. The second-order valence-corrected chi connectivity index (χ2v) is 12.8. The lowest BCUT2D eigenvalue weighted by Crippen LogP contribution is -2.31. The third-order valence-electron chi connectivity index (χ3n) is 7.08. The van der Waals surface area contributed by atoms with E-state index in [-0.39, 0.29) is 5.91 Å². The number of para-hydroxylation sites is 1. The van der Waals surface area contributed by atoms with Crippen LogP contribution in [0.5, 0.6) is 0 Å². The van der Waals surface area contributed by atoms with Gasteiger partial charge in [-0.1, -0.05) is 97.8 Å². The molecule has 38 heavy (non-hydrogen) atoms. The molecule has 3 aromatic carbocycles. The SMILES string of the molecule is O=C(CSc1nc2ccccc2s1)N(Cc1ccccc1)c1nc(-c2ccc(C3CCCCC3)cc2)cs1. The number of anilines is 1. The van der Waals surface area contributed by atoms with E-state index in [1.807, 2.05) is 41.3 Å². The maximum absolute atomic E-state index is 13.6. The lowest BCUT2D eigenvalue weighted by atomic mass is 9.84. The summed E-state index contributed by atoms with van der Waals surface area (Å²) in [6.45, 7) is 0.494. The molecule has 2 heterocycles. The van der Waals surface area contributed by atoms with Crippen molar-refractivity contribution in [1.82, 2.24) is 9.97 Å². The number of aromatic nitrogens is 2. The van der Waals surface area contributed by atoms with Crippen LogP contribution >= 0.6 is 34.4 Å². The molecule has 1 aliphatic carbocycles. The lowest BCUT2D eigenvalue weighted by molar-refractivity contribution is -0.116. The maximum atomic E-state index is 13.6. The van der Waals surface area contributed by atoms with Crippen LogP contribution < -0.4 is 4.90 Å². The van der Waals surface area contributed by atoms with Crippen LogP contribution in [0.2, 0.25) is 0 Å². The Kier molecular flexibility index (Phi) is 7.86. The van der Waals surface area contributed by atoms with Gasteiger partial charge in [-0.15, -0.1) is 22.7 Å². The van der Waals surface area contributed by atoms with E-state index in [0.29, 0.717) is 18.2 Å². The van der Waals surface area contributed by atoms with Crippen LogP contribution in [-0.2, 0) is 11.3 Å². The van der Waals surface area contributed by atoms with Crippen molar-refractivity contribution in [2.45, 2.75) is 48.9 Å². The normalized spacial score (nSPS) is 14.1. The Morgan fingerprint density at radius 2 is 1.66 bits per heavy atom. The molecule has 1 saturated carbocycles. The van der Waals surface area contributed by atoms with Crippen molar-refractivity contribution in [2.75, 3.05) is 10.7 Å². The minimum absolute atomic E-state index is 0.0339. The van der Waals surface area contributed by atoms with Crippen molar-refractivity contribution < 1.29 is 4.79 Å². The van der Waals surface area contributed by atoms with E-state index >= 15 is 0 Å². The predicted molar refractivity (Wildman–Crippen MR) is 161 cm³/mol. The van der Waals surface area contributed by atoms with Gasteiger partial charge in [-0.2, -0.15) is 0 Å². The van der Waals surface area contributed by atoms with Crippen LogP contribution in [0.4, 0.5) is 5.13 Å². The molecule has 0 spiro atoms. The number of nitrogens with zero attached hydrogens (tertiary/aromatic N) is 3. The number of thioether (sulfide) groups is 1. The molecule has 1 amide bonds. The predicted octanol–water partition coefficient (Wildman–Crippen LogP) is 8.79. The number of carbonyl (C=O) groups excluding carboxylic acids is 1. The minimum Gasteiger partial charge on any atom is -0.283 e. The lowest BCUT2D eigenvalue weighted by Gasteiger charge is -2.22. The molecule has 7 heteroatoms. The number of thiazole rings is 2. The van der Waals surface area contributed by atoms with E-state index in [1.165, 1.54) is 60.8 Å². The van der Waals surface area contributed by atoms with Crippen molar-refractivity contribution in [3.8, 4) is 11.3 Å². The summed E-state index contributed by atoms with van der Waals surface area (Å²) in [5.41, 5.74) is 5.52. The molecule has 0 N–H and O–H groups in total. The second-order valence-electron chi connectivity index (χ2n) is 9.67. The standard InChI is InChI=1S/C31H29N3OS3/c35-29(21-37-31-33-26-13-7-8-14-28(26)38-31)34(19-22-9-3-1-4-10-22)30-32-27(20-36-30)25-17-15-24(16-18-25)23-11-5-2-6-12-23/h1,3-4,7-10,13-18,20,23H,2,5-6,11-12,19,21H2. The van der Waals surface area contributed by atoms with E-state index in [1.54, 1.807) is 11.3 Å². The molecule has 0 atom stereocenters. The van der Waals surface area contributed by atoms with Crippen molar-refractivity contribution in [3.63, 3.8) is 0 Å². The zero-order valence-corrected chi connectivity index (χ0v) is 23.5. The molecule has 0 saturated heterocycles. The molecule has 192 valence electrons. The number of benzene rings is 3. The van der Waals surface area contributed by atoms with Gasteiger partial charge in [0.1, 0.15) is 0 Å². The third kappa shape index (κ3) is 5.85. The summed E-state index contributed by atoms with van der Waals surface area (Å²) in [4.78, 5) is 25.0. The number of carbonyl (C=O) groups is 1. The van der Waals surface area contributed by atoms with Gasteiger partial charge < -0.3 is 0 Å². The Hall–Kier alpha value is -3.00. The van der Waals surface area contributed by atoms with Crippen LogP contribution in [0.25, 0.3) is 21.5 Å². The number of rotatable bonds is 8. The van der Waals surface area contributed by atoms with Crippen LogP contribution in [-0.4, -0.2) is 21.6 Å². The Labute approximate surface area is 235 Å². The summed E-state index contributed by atoms with van der Waals surface area (Å²) in [6.07, 6.45) is 6.64. The van der Waals surface area contributed by atoms with E-state index in [4.69, 9.17) is 4.98 Å². The molecular formula is C31H29N3OS3. The van der Waals surface area contributed by atoms with Crippen molar-refractivity contribution in [3.05, 3.63) is 95.4 Å². The van der Waals surface area contributed by atoms with Gasteiger partial charge >= 0.3 is 0 Å². The minimum atomic E-state index is 0.0339. The van der Waals surface area contributed by atoms with Gasteiger partial charge in [0.15, 0.2) is 9.47 Å². The van der Waals surface area contributed by atoms with Crippen LogP contribution in [0, 0.1) is 0 Å². The molecule has 0 unspecified atom stereocenters. The Balaban J connectivity index is 1.20. The second kappa shape index (κ2) is 11.8. The van der Waals surface area contributed by atoms with E-state index in [2.05, 4.69) is 52.8 Å². The maximum Gasteiger partial charge on any atom is 0.239 e. The first-order chi connectivity index (χ1) is 18.7. The van der Waals surface area contributed by atoms with Crippen LogP contribution in [0.3, 0.4) is 0 Å². The highest BCUT2D eigenvalue weighted by molar-refractivity contribution is 8.01. The molecule has 4 nitrogen and oxygen atoms in total. The Bertz CT molecular complexity index is 1470. The van der Waals surface area contributed by atoms with Gasteiger partial charge in [0.05, 0.1) is 28.2 Å². The molecule has 1 aliphatic rings. The number of hydrogen-bond acceptors (Lipinski definition) is 6. The van der Waals surface area contributed by atoms with E-state index < -0.39 is 0 Å². The van der Waals surface area contributed by atoms with Crippen LogP contribution in [0.1, 0.15) is 49.1 Å². The van der Waals surface area contributed by atoms with Crippen LogP contribution in [0.15, 0.2) is 88.6 Å². The summed E-state index contributed by atoms with van der Waals surface area (Å²) < 4.78 is 2.06. The first-order valence-electron chi connectivity index (χ1n) is 13.1. The van der Waals surface area contributed by atoms with Crippen molar-refractivity contribution >= 4 is 55.7 Å². The number of hydrogen-bond donors (Lipinski definition) is 0. The number of fused-ring (bicyclic) bond motifs is 1. The zero-order valence-electron chi connectivity index (χ0n) is 21.1. The zero-order chi connectivity index (χ0) is 25.7. The van der Waals surface area contributed by atoms with Crippen molar-refractivity contribution in [1.29, 1.82) is 0 Å². The van der Waals surface area contributed by atoms with Gasteiger partial charge in [-0.25, -0.2) is 9.97 Å². The van der Waals surface area contributed by atoms with E-state index in [0.717, 1.165) is 36.5 Å². The summed E-state index contributed by atoms with van der Waals surface area (Å²) in [6, 6.07) is 27.1. The average molecular weight is 556 g/mol. The monoisotopic (exact) mass is 555 g/mol. The van der Waals surface area contributed by atoms with Gasteiger partial charge in [0.25, 0.3) is 0 Å². The van der Waals surface area contributed by atoms with Crippen molar-refractivity contribution in [2.24, 2.45) is 0 Å². The summed E-state index contributed by atoms with van der Waals surface area (Å²) >= 11 is 4.66. The highest BCUT2D eigenvalue weighted by atomic mass is 32.2. The molecule has 0 bridgehead atoms. The van der Waals surface area contributed by atoms with Gasteiger partial charge in [-0.3, -0.25) is 9.69 Å². The molecule has 1 fully saturated rings. The molecule has 0 aliphatic heterocycles. The van der Waals surface area contributed by atoms with Gasteiger partial charge in [-0.05, 0) is 42.0 Å². The first kappa shape index (κ1) is 25.3. The third-order valence-corrected chi connectivity index (χ3v) is 10.1. The average Bonchev–Trinajstić information content (AvgIpc) is 3.63. The number of amides is 1. The fourth-order valence-electron chi connectivity index (χ4n) is 5.03. The topological polar surface area (TPSA) is 46.1 Å². The molecule has 2 aromatic heterocycles. The Morgan fingerprint density at radius 1 is 0.895 bits per heavy atom. The van der Waals surface area contributed by atoms with Gasteiger partial charge in [0, 0.05) is 10.9 Å². The first-order valence-corrected chi connectivity index (χ1v) is 15.8. The summed E-state index contributed by atoms with van der Waals surface area (Å²) in [5.74, 6) is 1.04. The fraction of sp³-hybridized carbons (Fsp3) is 0.258. The van der Waals surface area contributed by atoms with Gasteiger partial charge in [0.2, 0.25) is 5.91 Å². The molecular weight excluding hydrogens is 527 g/mol. The summed E-state index contributed by atoms with van der Waals surface area (Å²) in [5, 5.41) is 2.80. The Morgan fingerprint density at radius 3 is 2.45 bits per heavy atom. The highest BCUT2D eigenvalue weighted by Gasteiger charge is 2.21. The smallest absolute Gasteiger partial charge is 0.239 e.